The number of ketones is 1. The normalized spacial score (nSPS) is 16.8. The number of fused-ring (bicyclic) bond motifs is 1. The Labute approximate surface area is 123 Å². The molecule has 2 aromatic rings. The number of carbonyl (C=O) groups is 1. The Morgan fingerprint density at radius 3 is 2.70 bits per heavy atom. The summed E-state index contributed by atoms with van der Waals surface area (Å²) in [5.74, 6) is 1.83. The Balaban J connectivity index is 1.83. The van der Waals surface area contributed by atoms with Crippen molar-refractivity contribution >= 4 is 17.5 Å². The van der Waals surface area contributed by atoms with Crippen molar-refractivity contribution in [3.63, 3.8) is 0 Å². The highest BCUT2D eigenvalue weighted by Gasteiger charge is 2.29. The Kier molecular flexibility index (Phi) is 3.79. The molecule has 0 aromatic heterocycles. The van der Waals surface area contributed by atoms with Crippen LogP contribution in [0, 0.1) is 0 Å². The molecule has 1 atom stereocenters. The van der Waals surface area contributed by atoms with E-state index in [1.165, 1.54) is 4.90 Å². The summed E-state index contributed by atoms with van der Waals surface area (Å²) in [5, 5.41) is 0. The van der Waals surface area contributed by atoms with Gasteiger partial charge in [-0.25, -0.2) is 0 Å². The van der Waals surface area contributed by atoms with Gasteiger partial charge in [0.05, 0.1) is 12.5 Å². The van der Waals surface area contributed by atoms with E-state index < -0.39 is 0 Å². The van der Waals surface area contributed by atoms with Crippen LogP contribution in [0.5, 0.6) is 5.75 Å². The monoisotopic (exact) mass is 284 g/mol. The predicted molar refractivity (Wildman–Crippen MR) is 81.8 cm³/mol. The van der Waals surface area contributed by atoms with Crippen molar-refractivity contribution in [2.75, 3.05) is 12.4 Å². The zero-order valence-corrected chi connectivity index (χ0v) is 12.2. The molecule has 20 heavy (non-hydrogen) atoms. The van der Waals surface area contributed by atoms with E-state index >= 15 is 0 Å². The lowest BCUT2D eigenvalue weighted by Crippen LogP contribution is -2.12. The van der Waals surface area contributed by atoms with E-state index in [1.54, 1.807) is 11.8 Å². The number of rotatable bonds is 4. The maximum absolute atomic E-state index is 12.6. The molecule has 3 rings (SSSR count). The second kappa shape index (κ2) is 5.71. The van der Waals surface area contributed by atoms with Gasteiger partial charge in [-0.15, -0.1) is 11.8 Å². The van der Waals surface area contributed by atoms with Gasteiger partial charge in [0.1, 0.15) is 5.75 Å². The fraction of sp³-hybridized carbons (Fsp3) is 0.235. The molecule has 1 aliphatic rings. The van der Waals surface area contributed by atoms with Gasteiger partial charge in [-0.2, -0.15) is 0 Å². The largest absolute Gasteiger partial charge is 0.494 e. The van der Waals surface area contributed by atoms with Gasteiger partial charge in [-0.3, -0.25) is 4.79 Å². The van der Waals surface area contributed by atoms with Gasteiger partial charge in [0.2, 0.25) is 0 Å². The topological polar surface area (TPSA) is 26.3 Å². The summed E-state index contributed by atoms with van der Waals surface area (Å²) < 4.78 is 5.41. The van der Waals surface area contributed by atoms with E-state index in [0.29, 0.717) is 6.61 Å². The molecular weight excluding hydrogens is 268 g/mol. The van der Waals surface area contributed by atoms with Crippen molar-refractivity contribution in [1.82, 2.24) is 0 Å². The minimum absolute atomic E-state index is 0.0193. The summed E-state index contributed by atoms with van der Waals surface area (Å²) in [6, 6.07) is 15.6. The molecule has 1 unspecified atom stereocenters. The first-order valence-electron chi connectivity index (χ1n) is 6.78. The molecule has 0 amide bonds. The van der Waals surface area contributed by atoms with Gasteiger partial charge in [0.15, 0.2) is 5.78 Å². The second-order valence-corrected chi connectivity index (χ2v) is 5.78. The number of hydrogen-bond donors (Lipinski definition) is 0. The number of hydrogen-bond acceptors (Lipinski definition) is 3. The summed E-state index contributed by atoms with van der Waals surface area (Å²) in [5.41, 5.74) is 1.92. The maximum atomic E-state index is 12.6. The Bertz CT molecular complexity index is 619. The summed E-state index contributed by atoms with van der Waals surface area (Å²) in [4.78, 5) is 13.9. The number of ether oxygens (including phenoxy) is 1. The van der Waals surface area contributed by atoms with Crippen LogP contribution < -0.4 is 4.74 Å². The molecule has 1 heterocycles. The number of thioether (sulfide) groups is 1. The highest BCUT2D eigenvalue weighted by molar-refractivity contribution is 7.99. The highest BCUT2D eigenvalue weighted by atomic mass is 32.2. The van der Waals surface area contributed by atoms with Gasteiger partial charge < -0.3 is 4.74 Å². The van der Waals surface area contributed by atoms with Crippen molar-refractivity contribution in [3.05, 3.63) is 59.7 Å². The SMILES string of the molecule is CCOc1ccc(C(=O)C2CSc3ccccc32)cc1. The lowest BCUT2D eigenvalue weighted by molar-refractivity contribution is 0.0968. The first kappa shape index (κ1) is 13.3. The third kappa shape index (κ3) is 2.46. The molecule has 3 heteroatoms. The molecule has 0 saturated carbocycles. The number of Topliss-reactive ketones (excluding diaryl/α,β-unsaturated/α-hetero) is 1. The second-order valence-electron chi connectivity index (χ2n) is 4.72. The number of benzene rings is 2. The van der Waals surface area contributed by atoms with Crippen LogP contribution in [0.1, 0.15) is 28.8 Å². The molecule has 1 aliphatic heterocycles. The first-order valence-corrected chi connectivity index (χ1v) is 7.77. The fourth-order valence-electron chi connectivity index (χ4n) is 2.46. The van der Waals surface area contributed by atoms with E-state index in [-0.39, 0.29) is 11.7 Å². The molecule has 0 aliphatic carbocycles. The average Bonchev–Trinajstić information content (AvgIpc) is 2.92. The molecule has 0 fully saturated rings. The summed E-state index contributed by atoms with van der Waals surface area (Å²) in [7, 11) is 0. The van der Waals surface area contributed by atoms with Crippen molar-refractivity contribution in [3.8, 4) is 5.75 Å². The molecule has 0 N–H and O–H groups in total. The van der Waals surface area contributed by atoms with Gasteiger partial charge in [0.25, 0.3) is 0 Å². The van der Waals surface area contributed by atoms with Crippen LogP contribution in [0.2, 0.25) is 0 Å². The first-order chi connectivity index (χ1) is 9.79. The maximum Gasteiger partial charge on any atom is 0.171 e. The number of carbonyl (C=O) groups excluding carboxylic acids is 1. The smallest absolute Gasteiger partial charge is 0.171 e. The zero-order chi connectivity index (χ0) is 13.9. The lowest BCUT2D eigenvalue weighted by atomic mass is 9.92. The average molecular weight is 284 g/mol. The lowest BCUT2D eigenvalue weighted by Gasteiger charge is -2.10. The van der Waals surface area contributed by atoms with Crippen LogP contribution in [-0.2, 0) is 0 Å². The predicted octanol–water partition coefficient (Wildman–Crippen LogP) is 4.16. The van der Waals surface area contributed by atoms with Crippen LogP contribution >= 0.6 is 11.8 Å². The fourth-order valence-corrected chi connectivity index (χ4v) is 3.69. The Morgan fingerprint density at radius 1 is 1.20 bits per heavy atom. The summed E-state index contributed by atoms with van der Waals surface area (Å²) in [6.07, 6.45) is 0. The third-order valence-electron chi connectivity index (χ3n) is 3.47. The van der Waals surface area contributed by atoms with E-state index in [0.717, 1.165) is 22.6 Å². The Morgan fingerprint density at radius 2 is 1.95 bits per heavy atom. The van der Waals surface area contributed by atoms with E-state index in [1.807, 2.05) is 43.3 Å². The summed E-state index contributed by atoms with van der Waals surface area (Å²) >= 11 is 1.76. The summed E-state index contributed by atoms with van der Waals surface area (Å²) in [6.45, 7) is 2.59. The quantitative estimate of drug-likeness (QED) is 0.789. The van der Waals surface area contributed by atoms with Gasteiger partial charge in [-0.1, -0.05) is 18.2 Å². The highest BCUT2D eigenvalue weighted by Crippen LogP contribution is 2.40. The van der Waals surface area contributed by atoms with Gasteiger partial charge in [-0.05, 0) is 42.8 Å². The third-order valence-corrected chi connectivity index (χ3v) is 4.65. The van der Waals surface area contributed by atoms with Crippen LogP contribution in [-0.4, -0.2) is 18.1 Å². The minimum atomic E-state index is -0.0193. The molecule has 2 aromatic carbocycles. The van der Waals surface area contributed by atoms with Crippen molar-refractivity contribution in [2.45, 2.75) is 17.7 Å². The van der Waals surface area contributed by atoms with Crippen LogP contribution in [0.15, 0.2) is 53.4 Å². The minimum Gasteiger partial charge on any atom is -0.494 e. The van der Waals surface area contributed by atoms with Crippen molar-refractivity contribution < 1.29 is 9.53 Å². The molecule has 0 bridgehead atoms. The molecule has 0 radical (unpaired) electrons. The molecule has 102 valence electrons. The molecule has 2 nitrogen and oxygen atoms in total. The zero-order valence-electron chi connectivity index (χ0n) is 11.3. The van der Waals surface area contributed by atoms with Crippen LogP contribution in [0.3, 0.4) is 0 Å². The molecule has 0 saturated heterocycles. The van der Waals surface area contributed by atoms with Crippen LogP contribution in [0.25, 0.3) is 0 Å². The standard InChI is InChI=1S/C17H16O2S/c1-2-19-13-9-7-12(8-10-13)17(18)15-11-20-16-6-4-3-5-14(15)16/h3-10,15H,2,11H2,1H3. The van der Waals surface area contributed by atoms with Crippen LogP contribution in [0.4, 0.5) is 0 Å². The van der Waals surface area contributed by atoms with Gasteiger partial charge in [0, 0.05) is 16.2 Å². The van der Waals surface area contributed by atoms with Crippen molar-refractivity contribution in [1.29, 1.82) is 0 Å². The van der Waals surface area contributed by atoms with Crippen molar-refractivity contribution in [2.24, 2.45) is 0 Å². The van der Waals surface area contributed by atoms with E-state index in [2.05, 4.69) is 12.1 Å². The molecule has 0 spiro atoms. The van der Waals surface area contributed by atoms with E-state index in [4.69, 9.17) is 4.74 Å². The Hall–Kier alpha value is -1.74. The van der Waals surface area contributed by atoms with Gasteiger partial charge >= 0.3 is 0 Å². The molecular formula is C17H16O2S. The van der Waals surface area contributed by atoms with E-state index in [9.17, 15) is 4.79 Å².